The van der Waals surface area contributed by atoms with E-state index in [0.717, 1.165) is 13.1 Å². The quantitative estimate of drug-likeness (QED) is 0.208. The molecule has 0 unspecified atom stereocenters. The average Bonchev–Trinajstić information content (AvgIpc) is 2.18. The molecule has 98 valence electrons. The van der Waals surface area contributed by atoms with Crippen LogP contribution in [0.15, 0.2) is 0 Å². The summed E-state index contributed by atoms with van der Waals surface area (Å²) in [5.41, 5.74) is 14.9. The van der Waals surface area contributed by atoms with Crippen LogP contribution in [0.2, 0.25) is 0 Å². The number of nitrogens with one attached hydrogen (secondary N) is 1. The molecule has 0 bridgehead atoms. The average molecular weight is 238 g/mol. The minimum Gasteiger partial charge on any atom is -0.450 e. The molecule has 1 amide bonds. The minimum atomic E-state index is -1.44. The van der Waals surface area contributed by atoms with Crippen LogP contribution >= 0.6 is 0 Å². The predicted molar refractivity (Wildman–Crippen MR) is 59.4 cm³/mol. The van der Waals surface area contributed by atoms with Gasteiger partial charge >= 0.3 is 6.09 Å². The van der Waals surface area contributed by atoms with Crippen LogP contribution in [0.25, 0.3) is 0 Å². The van der Waals surface area contributed by atoms with Crippen LogP contribution in [0, 0.1) is 0 Å². The van der Waals surface area contributed by atoms with Crippen LogP contribution in [-0.2, 0) is 4.74 Å². The summed E-state index contributed by atoms with van der Waals surface area (Å²) in [4.78, 5) is 9.82. The van der Waals surface area contributed by atoms with Gasteiger partial charge in [0.15, 0.2) is 6.29 Å². The fraction of sp³-hybridized carbons (Fsp3) is 0.875. The highest BCUT2D eigenvalue weighted by Crippen LogP contribution is 1.85. The summed E-state index contributed by atoms with van der Waals surface area (Å²) >= 11 is 0. The molecule has 0 aromatic heterocycles. The maximum absolute atomic E-state index is 9.82. The Labute approximate surface area is 94.7 Å². The van der Waals surface area contributed by atoms with E-state index in [4.69, 9.17) is 21.7 Å². The molecule has 0 radical (unpaired) electrons. The first-order valence-electron chi connectivity index (χ1n) is 4.93. The molecule has 8 nitrogen and oxygen atoms in total. The van der Waals surface area contributed by atoms with Gasteiger partial charge in [-0.2, -0.15) is 0 Å². The predicted octanol–water partition coefficient (Wildman–Crippen LogP) is -2.72. The van der Waals surface area contributed by atoms with Gasteiger partial charge in [0.1, 0.15) is 0 Å². The van der Waals surface area contributed by atoms with Crippen LogP contribution < -0.4 is 22.5 Å². The first-order chi connectivity index (χ1) is 7.54. The first kappa shape index (κ1) is 17.5. The van der Waals surface area contributed by atoms with Gasteiger partial charge in [0, 0.05) is 32.6 Å². The number of carbonyl (C=O) groups excluding carboxylic acids is 1. The van der Waals surface area contributed by atoms with Crippen LogP contribution in [0.1, 0.15) is 6.42 Å². The second-order valence-electron chi connectivity index (χ2n) is 2.76. The molecule has 9 N–H and O–H groups in total. The molecule has 0 aliphatic heterocycles. The highest BCUT2D eigenvalue weighted by Gasteiger charge is 1.98. The maximum atomic E-state index is 9.82. The smallest absolute Gasteiger partial charge is 0.404 e. The van der Waals surface area contributed by atoms with E-state index in [1.54, 1.807) is 0 Å². The van der Waals surface area contributed by atoms with Crippen LogP contribution in [0.3, 0.4) is 0 Å². The third kappa shape index (κ3) is 23.1. The van der Waals surface area contributed by atoms with Crippen molar-refractivity contribution in [2.75, 3.05) is 32.8 Å². The number of ether oxygens (including phenoxy) is 1. The largest absolute Gasteiger partial charge is 0.450 e. The number of aliphatic hydroxyl groups is 2. The summed E-state index contributed by atoms with van der Waals surface area (Å²) in [7, 11) is 0. The Hall–Kier alpha value is -0.930. The normalized spacial score (nSPS) is 9.56. The van der Waals surface area contributed by atoms with Gasteiger partial charge in [-0.1, -0.05) is 0 Å². The molecular formula is C8H22N4O4. The molecule has 16 heavy (non-hydrogen) atoms. The second kappa shape index (κ2) is 14.1. The van der Waals surface area contributed by atoms with E-state index in [2.05, 4.69) is 15.8 Å². The molecule has 0 aliphatic rings. The molecule has 0 aromatic carbocycles. The molecule has 0 heterocycles. The fourth-order valence-corrected chi connectivity index (χ4v) is 0.594. The molecule has 0 fully saturated rings. The zero-order chi connectivity index (χ0) is 12.8. The number of hydrogen-bond acceptors (Lipinski definition) is 7. The van der Waals surface area contributed by atoms with Gasteiger partial charge in [-0.3, -0.25) is 0 Å². The van der Waals surface area contributed by atoms with Gasteiger partial charge in [-0.25, -0.2) is 4.79 Å². The Morgan fingerprint density at radius 1 is 1.25 bits per heavy atom. The van der Waals surface area contributed by atoms with Crippen LogP contribution in [0.4, 0.5) is 4.79 Å². The van der Waals surface area contributed by atoms with Crippen molar-refractivity contribution < 1.29 is 19.7 Å². The van der Waals surface area contributed by atoms with Crippen molar-refractivity contribution in [3.63, 3.8) is 0 Å². The van der Waals surface area contributed by atoms with Gasteiger partial charge in [0.2, 0.25) is 0 Å². The number of aliphatic hydroxyl groups excluding tert-OH is 1. The Balaban J connectivity index is 0. The standard InChI is InChI=1S/C4H13N3.C4H9NO4/c5-1-3-7-4-2-6;5-4(8)9-2-1-3(6)7/h7H,1-6H2;3,6-7H,1-2H2,(H2,5,8). The number of rotatable bonds is 7. The number of carbonyl (C=O) groups is 1. The molecule has 0 rings (SSSR count). The molecular weight excluding hydrogens is 216 g/mol. The molecule has 0 aliphatic carbocycles. The van der Waals surface area contributed by atoms with Crippen molar-refractivity contribution in [1.82, 2.24) is 5.32 Å². The number of amides is 1. The van der Waals surface area contributed by atoms with E-state index < -0.39 is 12.4 Å². The SMILES string of the molecule is NC(=O)OCCC(O)O.NCCNCCN. The highest BCUT2D eigenvalue weighted by molar-refractivity contribution is 5.64. The summed E-state index contributed by atoms with van der Waals surface area (Å²) < 4.78 is 4.17. The summed E-state index contributed by atoms with van der Waals surface area (Å²) in [5, 5.41) is 19.4. The van der Waals surface area contributed by atoms with E-state index in [9.17, 15) is 4.79 Å². The number of nitrogens with two attached hydrogens (primary N) is 3. The third-order valence-corrected chi connectivity index (χ3v) is 1.26. The van der Waals surface area contributed by atoms with E-state index >= 15 is 0 Å². The number of primary amides is 1. The van der Waals surface area contributed by atoms with E-state index in [1.165, 1.54) is 0 Å². The zero-order valence-electron chi connectivity index (χ0n) is 9.26. The van der Waals surface area contributed by atoms with Crippen LogP contribution in [0.5, 0.6) is 0 Å². The van der Waals surface area contributed by atoms with Gasteiger partial charge in [0.05, 0.1) is 6.61 Å². The summed E-state index contributed by atoms with van der Waals surface area (Å²) in [6.07, 6.45) is -2.36. The van der Waals surface area contributed by atoms with Gasteiger partial charge in [0.25, 0.3) is 0 Å². The first-order valence-corrected chi connectivity index (χ1v) is 4.93. The van der Waals surface area contributed by atoms with Crippen molar-refractivity contribution >= 4 is 6.09 Å². The monoisotopic (exact) mass is 238 g/mol. The second-order valence-corrected chi connectivity index (χ2v) is 2.76. The van der Waals surface area contributed by atoms with Gasteiger partial charge in [-0.05, 0) is 0 Å². The van der Waals surface area contributed by atoms with Crippen molar-refractivity contribution in [3.05, 3.63) is 0 Å². The number of hydrogen-bond donors (Lipinski definition) is 6. The lowest BCUT2D eigenvalue weighted by Gasteiger charge is -2.01. The Morgan fingerprint density at radius 2 is 1.75 bits per heavy atom. The Kier molecular flexibility index (Phi) is 15.4. The zero-order valence-corrected chi connectivity index (χ0v) is 9.26. The highest BCUT2D eigenvalue weighted by atomic mass is 16.5. The third-order valence-electron chi connectivity index (χ3n) is 1.26. The molecule has 0 saturated heterocycles. The van der Waals surface area contributed by atoms with Crippen molar-refractivity contribution in [1.29, 1.82) is 0 Å². The maximum Gasteiger partial charge on any atom is 0.404 e. The Bertz CT molecular complexity index is 153. The summed E-state index contributed by atoms with van der Waals surface area (Å²) in [6, 6.07) is 0. The van der Waals surface area contributed by atoms with Gasteiger partial charge < -0.3 is 37.5 Å². The van der Waals surface area contributed by atoms with Crippen LogP contribution in [-0.4, -0.2) is 55.4 Å². The molecule has 0 saturated carbocycles. The van der Waals surface area contributed by atoms with Gasteiger partial charge in [-0.15, -0.1) is 0 Å². The van der Waals surface area contributed by atoms with Crippen molar-refractivity contribution in [2.24, 2.45) is 17.2 Å². The minimum absolute atomic E-state index is 0.0110. The summed E-state index contributed by atoms with van der Waals surface area (Å²) in [5.74, 6) is 0. The van der Waals surface area contributed by atoms with Crippen molar-refractivity contribution in [3.8, 4) is 0 Å². The lowest BCUT2D eigenvalue weighted by molar-refractivity contribution is -0.0544. The van der Waals surface area contributed by atoms with E-state index in [-0.39, 0.29) is 13.0 Å². The lowest BCUT2D eigenvalue weighted by Crippen LogP contribution is -2.27. The van der Waals surface area contributed by atoms with E-state index in [1.807, 2.05) is 0 Å². The van der Waals surface area contributed by atoms with Crippen molar-refractivity contribution in [2.45, 2.75) is 12.7 Å². The molecule has 0 spiro atoms. The summed E-state index contributed by atoms with van der Waals surface area (Å²) in [6.45, 7) is 3.07. The molecule has 8 heteroatoms. The van der Waals surface area contributed by atoms with E-state index in [0.29, 0.717) is 13.1 Å². The fourth-order valence-electron chi connectivity index (χ4n) is 0.594. The lowest BCUT2D eigenvalue weighted by atomic mass is 10.4. The topological polar surface area (TPSA) is 157 Å². The molecule has 0 aromatic rings. The Morgan fingerprint density at radius 3 is 2.06 bits per heavy atom. The molecule has 0 atom stereocenters.